The predicted molar refractivity (Wildman–Crippen MR) is 130 cm³/mol. The normalized spacial score (nSPS) is 12.6. The molecular formula is C24H28ClN5O4. The lowest BCUT2D eigenvalue weighted by molar-refractivity contribution is -0.141. The highest BCUT2D eigenvalue weighted by atomic mass is 35.5. The number of aliphatic hydroxyl groups is 1. The number of anilines is 1. The van der Waals surface area contributed by atoms with E-state index >= 15 is 0 Å². The number of carbonyl (C=O) groups excluding carboxylic acids is 2. The van der Waals surface area contributed by atoms with E-state index < -0.39 is 12.0 Å². The summed E-state index contributed by atoms with van der Waals surface area (Å²) in [4.78, 5) is 36.1. The van der Waals surface area contributed by atoms with Crippen molar-refractivity contribution in [3.8, 4) is 11.3 Å². The molecule has 10 heteroatoms. The molecule has 2 aromatic heterocycles. The number of ether oxygens (including phenoxy) is 1. The minimum absolute atomic E-state index is 0.0291. The van der Waals surface area contributed by atoms with Crippen LogP contribution in [0.5, 0.6) is 0 Å². The van der Waals surface area contributed by atoms with Gasteiger partial charge in [-0.25, -0.2) is 9.97 Å². The van der Waals surface area contributed by atoms with Crippen LogP contribution in [-0.2, 0) is 9.53 Å². The molecule has 0 radical (unpaired) electrons. The minimum Gasteiger partial charge on any atom is -0.463 e. The highest BCUT2D eigenvalue weighted by Gasteiger charge is 2.20. The number of rotatable bonds is 10. The van der Waals surface area contributed by atoms with E-state index in [1.165, 1.54) is 6.92 Å². The molecule has 0 saturated heterocycles. The lowest BCUT2D eigenvalue weighted by Gasteiger charge is -2.19. The van der Waals surface area contributed by atoms with Crippen LogP contribution in [0.4, 0.5) is 5.95 Å². The summed E-state index contributed by atoms with van der Waals surface area (Å²) in [7, 11) is 0. The van der Waals surface area contributed by atoms with Crippen LogP contribution in [0.3, 0.4) is 0 Å². The van der Waals surface area contributed by atoms with Gasteiger partial charge in [-0.1, -0.05) is 30.7 Å². The van der Waals surface area contributed by atoms with Crippen molar-refractivity contribution in [2.24, 2.45) is 0 Å². The average molecular weight is 486 g/mol. The third-order valence-electron chi connectivity index (χ3n) is 5.23. The molecule has 9 nitrogen and oxygen atoms in total. The number of hydrogen-bond acceptors (Lipinski definition) is 7. The third kappa shape index (κ3) is 6.55. The molecule has 4 N–H and O–H groups in total. The highest BCUT2D eigenvalue weighted by Crippen LogP contribution is 2.24. The van der Waals surface area contributed by atoms with Gasteiger partial charge in [-0.15, -0.1) is 0 Å². The molecule has 1 amide bonds. The third-order valence-corrected chi connectivity index (χ3v) is 5.46. The van der Waals surface area contributed by atoms with Crippen LogP contribution in [-0.4, -0.2) is 51.2 Å². The molecule has 0 spiro atoms. The lowest BCUT2D eigenvalue weighted by atomic mass is 10.1. The maximum Gasteiger partial charge on any atom is 0.302 e. The lowest BCUT2D eigenvalue weighted by Crippen LogP contribution is -2.32. The Balaban J connectivity index is 1.80. The molecular weight excluding hydrogens is 458 g/mol. The number of benzene rings is 1. The summed E-state index contributed by atoms with van der Waals surface area (Å²) < 4.78 is 5.14. The van der Waals surface area contributed by atoms with Crippen LogP contribution in [0.2, 0.25) is 5.02 Å². The van der Waals surface area contributed by atoms with E-state index in [1.54, 1.807) is 42.7 Å². The van der Waals surface area contributed by atoms with Crippen molar-refractivity contribution < 1.29 is 19.4 Å². The Morgan fingerprint density at radius 2 is 2.09 bits per heavy atom. The summed E-state index contributed by atoms with van der Waals surface area (Å²) in [5, 5.41) is 15.9. The smallest absolute Gasteiger partial charge is 0.302 e. The number of aryl methyl sites for hydroxylation is 1. The molecule has 2 heterocycles. The first kappa shape index (κ1) is 25.2. The average Bonchev–Trinajstić information content (AvgIpc) is 3.31. The van der Waals surface area contributed by atoms with Crippen LogP contribution >= 0.6 is 11.6 Å². The summed E-state index contributed by atoms with van der Waals surface area (Å²) in [6.07, 6.45) is 4.10. The first-order valence-corrected chi connectivity index (χ1v) is 11.3. The first-order valence-electron chi connectivity index (χ1n) is 10.9. The van der Waals surface area contributed by atoms with Crippen LogP contribution < -0.4 is 10.6 Å². The molecule has 3 rings (SSSR count). The number of H-pyrrole nitrogens is 1. The molecule has 1 aromatic carbocycles. The van der Waals surface area contributed by atoms with E-state index in [0.717, 1.165) is 12.0 Å². The van der Waals surface area contributed by atoms with Gasteiger partial charge in [0, 0.05) is 29.9 Å². The number of nitrogens with zero attached hydrogens (tertiary/aromatic N) is 2. The zero-order valence-electron chi connectivity index (χ0n) is 19.3. The van der Waals surface area contributed by atoms with Crippen molar-refractivity contribution in [3.05, 3.63) is 64.6 Å². The monoisotopic (exact) mass is 485 g/mol. The van der Waals surface area contributed by atoms with Crippen molar-refractivity contribution in [1.82, 2.24) is 20.3 Å². The van der Waals surface area contributed by atoms with Crippen LogP contribution in [0.15, 0.2) is 42.7 Å². The van der Waals surface area contributed by atoms with Crippen LogP contribution in [0.1, 0.15) is 47.9 Å². The van der Waals surface area contributed by atoms with Crippen molar-refractivity contribution in [2.75, 3.05) is 18.5 Å². The zero-order chi connectivity index (χ0) is 24.7. The fourth-order valence-corrected chi connectivity index (χ4v) is 3.51. The van der Waals surface area contributed by atoms with Gasteiger partial charge in [0.2, 0.25) is 5.95 Å². The van der Waals surface area contributed by atoms with E-state index in [-0.39, 0.29) is 25.2 Å². The Labute approximate surface area is 202 Å². The molecule has 34 heavy (non-hydrogen) atoms. The largest absolute Gasteiger partial charge is 0.463 e. The van der Waals surface area contributed by atoms with Crippen LogP contribution in [0, 0.1) is 6.92 Å². The van der Waals surface area contributed by atoms with E-state index in [9.17, 15) is 14.7 Å². The van der Waals surface area contributed by atoms with Gasteiger partial charge >= 0.3 is 5.97 Å². The van der Waals surface area contributed by atoms with Crippen LogP contribution in [0.25, 0.3) is 11.3 Å². The number of aromatic amines is 1. The summed E-state index contributed by atoms with van der Waals surface area (Å²) >= 11 is 6.10. The Kier molecular flexibility index (Phi) is 8.61. The van der Waals surface area contributed by atoms with Gasteiger partial charge in [-0.2, -0.15) is 0 Å². The summed E-state index contributed by atoms with van der Waals surface area (Å²) in [6.45, 7) is 5.09. The maximum atomic E-state index is 13.0. The van der Waals surface area contributed by atoms with Crippen molar-refractivity contribution in [2.45, 2.75) is 39.3 Å². The highest BCUT2D eigenvalue weighted by molar-refractivity contribution is 6.30. The Morgan fingerprint density at radius 1 is 1.29 bits per heavy atom. The number of carbonyl (C=O) groups is 2. The van der Waals surface area contributed by atoms with Gasteiger partial charge < -0.3 is 25.5 Å². The zero-order valence-corrected chi connectivity index (χ0v) is 20.0. The van der Waals surface area contributed by atoms with Crippen molar-refractivity contribution in [1.29, 1.82) is 0 Å². The van der Waals surface area contributed by atoms with Crippen molar-refractivity contribution >= 4 is 29.4 Å². The SMILES string of the molecule is CC[C@H](CO)Nc1ncc(C)c(-c2c[nH]c(C(=O)N[C@H](COC(C)=O)c3cccc(Cl)c3)c2)n1. The summed E-state index contributed by atoms with van der Waals surface area (Å²) in [6, 6.07) is 7.97. The second kappa shape index (κ2) is 11.6. The molecule has 0 bridgehead atoms. The Bertz CT molecular complexity index is 1150. The minimum atomic E-state index is -0.581. The number of hydrogen-bond donors (Lipinski definition) is 4. The topological polar surface area (TPSA) is 129 Å². The number of aliphatic hydroxyl groups excluding tert-OH is 1. The van der Waals surface area contributed by atoms with E-state index in [0.29, 0.717) is 33.5 Å². The molecule has 0 aliphatic carbocycles. The summed E-state index contributed by atoms with van der Waals surface area (Å²) in [5.41, 5.74) is 3.24. The Morgan fingerprint density at radius 3 is 2.76 bits per heavy atom. The number of aromatic nitrogens is 3. The molecule has 0 saturated carbocycles. The van der Waals surface area contributed by atoms with Gasteiger partial charge in [0.25, 0.3) is 5.91 Å². The molecule has 0 aliphatic rings. The van der Waals surface area contributed by atoms with E-state index in [2.05, 4.69) is 25.6 Å². The number of amides is 1. The predicted octanol–water partition coefficient (Wildman–Crippen LogP) is 3.65. The summed E-state index contributed by atoms with van der Waals surface area (Å²) in [5.74, 6) is -0.422. The van der Waals surface area contributed by atoms with Gasteiger partial charge in [-0.05, 0) is 42.7 Å². The van der Waals surface area contributed by atoms with Gasteiger partial charge in [0.1, 0.15) is 12.3 Å². The Hall–Kier alpha value is -3.43. The second-order valence-corrected chi connectivity index (χ2v) is 8.28. The molecule has 180 valence electrons. The fraction of sp³-hybridized carbons (Fsp3) is 0.333. The molecule has 0 aliphatic heterocycles. The number of nitrogens with one attached hydrogen (secondary N) is 3. The van der Waals surface area contributed by atoms with Gasteiger partial charge in [0.15, 0.2) is 0 Å². The molecule has 0 fully saturated rings. The van der Waals surface area contributed by atoms with Gasteiger partial charge in [-0.3, -0.25) is 9.59 Å². The van der Waals surface area contributed by atoms with E-state index in [4.69, 9.17) is 16.3 Å². The molecule has 2 atom stereocenters. The number of halogens is 1. The van der Waals surface area contributed by atoms with Gasteiger partial charge in [0.05, 0.1) is 24.4 Å². The fourth-order valence-electron chi connectivity index (χ4n) is 3.31. The quantitative estimate of drug-likeness (QED) is 0.322. The second-order valence-electron chi connectivity index (χ2n) is 7.84. The maximum absolute atomic E-state index is 13.0. The van der Waals surface area contributed by atoms with Crippen molar-refractivity contribution in [3.63, 3.8) is 0 Å². The molecule has 3 aromatic rings. The first-order chi connectivity index (χ1) is 16.3. The standard InChI is InChI=1S/C24H28ClN5O4/c1-4-19(12-31)28-24-27-10-14(2)22(30-24)17-9-20(26-11-17)23(33)29-21(13-34-15(3)32)16-6-5-7-18(25)8-16/h5-11,19,21,26,31H,4,12-13H2,1-3H3,(H,29,33)(H,27,28,30)/t19-,21-/m1/s1. The number of esters is 1. The molecule has 0 unspecified atom stereocenters. The van der Waals surface area contributed by atoms with E-state index in [1.807, 2.05) is 13.8 Å².